The van der Waals surface area contributed by atoms with E-state index in [2.05, 4.69) is 10.3 Å². The second kappa shape index (κ2) is 6.98. The lowest BCUT2D eigenvalue weighted by Gasteiger charge is -2.06. The maximum Gasteiger partial charge on any atom is 0.103 e. The standard InChI is InChI=1S/C11H16N2O2/c1-3-14-15-9-6-11(12-2)10-4-7-13-8-5-10/h4-8,12H,3,9H2,1-2H3/b11-6+. The summed E-state index contributed by atoms with van der Waals surface area (Å²) in [6.07, 6.45) is 5.43. The maximum absolute atomic E-state index is 4.90. The van der Waals surface area contributed by atoms with Crippen LogP contribution in [-0.2, 0) is 9.78 Å². The van der Waals surface area contributed by atoms with Gasteiger partial charge in [-0.25, -0.2) is 9.78 Å². The van der Waals surface area contributed by atoms with E-state index in [-0.39, 0.29) is 0 Å². The van der Waals surface area contributed by atoms with Crippen molar-refractivity contribution in [3.63, 3.8) is 0 Å². The molecule has 1 rings (SSSR count). The molecule has 15 heavy (non-hydrogen) atoms. The predicted octanol–water partition coefficient (Wildman–Crippen LogP) is 1.61. The van der Waals surface area contributed by atoms with E-state index in [1.165, 1.54) is 0 Å². The highest BCUT2D eigenvalue weighted by atomic mass is 17.2. The van der Waals surface area contributed by atoms with E-state index in [1.807, 2.05) is 32.2 Å². The second-order valence-corrected chi connectivity index (χ2v) is 2.79. The smallest absolute Gasteiger partial charge is 0.103 e. The molecule has 0 amide bonds. The molecule has 0 bridgehead atoms. The van der Waals surface area contributed by atoms with Gasteiger partial charge in [-0.1, -0.05) is 0 Å². The van der Waals surface area contributed by atoms with Gasteiger partial charge in [0.05, 0.1) is 6.61 Å². The van der Waals surface area contributed by atoms with Crippen LogP contribution in [-0.4, -0.2) is 25.2 Å². The molecule has 0 radical (unpaired) electrons. The number of pyridine rings is 1. The lowest BCUT2D eigenvalue weighted by Crippen LogP contribution is -2.06. The number of hydrogen-bond donors (Lipinski definition) is 1. The Kier molecular flexibility index (Phi) is 5.43. The van der Waals surface area contributed by atoms with E-state index >= 15 is 0 Å². The fourth-order valence-corrected chi connectivity index (χ4v) is 1.14. The van der Waals surface area contributed by atoms with Crippen molar-refractivity contribution < 1.29 is 9.78 Å². The largest absolute Gasteiger partial charge is 0.388 e. The van der Waals surface area contributed by atoms with Gasteiger partial charge in [-0.3, -0.25) is 4.98 Å². The highest BCUT2D eigenvalue weighted by Crippen LogP contribution is 2.08. The molecule has 0 spiro atoms. The van der Waals surface area contributed by atoms with Crippen LogP contribution in [0, 0.1) is 0 Å². The molecule has 0 aliphatic carbocycles. The van der Waals surface area contributed by atoms with Crippen LogP contribution in [0.2, 0.25) is 0 Å². The maximum atomic E-state index is 4.90. The van der Waals surface area contributed by atoms with Crippen molar-refractivity contribution in [2.45, 2.75) is 6.92 Å². The van der Waals surface area contributed by atoms with Gasteiger partial charge in [-0.2, -0.15) is 0 Å². The normalized spacial score (nSPS) is 11.5. The minimum Gasteiger partial charge on any atom is -0.388 e. The molecule has 0 aromatic carbocycles. The molecule has 0 aliphatic rings. The van der Waals surface area contributed by atoms with Crippen molar-refractivity contribution in [2.75, 3.05) is 20.3 Å². The van der Waals surface area contributed by atoms with Crippen molar-refractivity contribution in [1.82, 2.24) is 10.3 Å². The van der Waals surface area contributed by atoms with E-state index in [0.717, 1.165) is 11.3 Å². The Bertz CT molecular complexity index is 299. The van der Waals surface area contributed by atoms with Crippen LogP contribution in [0.25, 0.3) is 5.70 Å². The fourth-order valence-electron chi connectivity index (χ4n) is 1.14. The quantitative estimate of drug-likeness (QED) is 0.438. The van der Waals surface area contributed by atoms with Crippen molar-refractivity contribution in [3.8, 4) is 0 Å². The summed E-state index contributed by atoms with van der Waals surface area (Å²) in [5.74, 6) is 0. The third kappa shape index (κ3) is 4.10. The number of nitrogens with one attached hydrogen (secondary N) is 1. The summed E-state index contributed by atoms with van der Waals surface area (Å²) in [5.41, 5.74) is 2.07. The lowest BCUT2D eigenvalue weighted by molar-refractivity contribution is -0.282. The van der Waals surface area contributed by atoms with Crippen LogP contribution < -0.4 is 5.32 Å². The molecule has 0 fully saturated rings. The Morgan fingerprint density at radius 1 is 1.40 bits per heavy atom. The lowest BCUT2D eigenvalue weighted by atomic mass is 10.2. The highest BCUT2D eigenvalue weighted by molar-refractivity contribution is 5.63. The van der Waals surface area contributed by atoms with E-state index < -0.39 is 0 Å². The van der Waals surface area contributed by atoms with E-state index in [1.54, 1.807) is 12.4 Å². The van der Waals surface area contributed by atoms with Gasteiger partial charge in [0, 0.05) is 30.7 Å². The van der Waals surface area contributed by atoms with Crippen molar-refractivity contribution in [3.05, 3.63) is 36.2 Å². The Hall–Kier alpha value is -1.39. The summed E-state index contributed by atoms with van der Waals surface area (Å²) < 4.78 is 0. The molecule has 1 heterocycles. The van der Waals surface area contributed by atoms with Crippen LogP contribution in [0.3, 0.4) is 0 Å². The number of rotatable bonds is 6. The first-order chi connectivity index (χ1) is 7.38. The number of nitrogens with zero attached hydrogens (tertiary/aromatic N) is 1. The zero-order chi connectivity index (χ0) is 10.9. The molecule has 0 saturated carbocycles. The van der Waals surface area contributed by atoms with Crippen molar-refractivity contribution in [1.29, 1.82) is 0 Å². The Morgan fingerprint density at radius 2 is 2.13 bits per heavy atom. The summed E-state index contributed by atoms with van der Waals surface area (Å²) in [6.45, 7) is 2.86. The van der Waals surface area contributed by atoms with Crippen LogP contribution in [0.15, 0.2) is 30.6 Å². The first-order valence-electron chi connectivity index (χ1n) is 4.91. The molecule has 0 unspecified atom stereocenters. The molecule has 4 nitrogen and oxygen atoms in total. The molecule has 1 N–H and O–H groups in total. The topological polar surface area (TPSA) is 43.4 Å². The summed E-state index contributed by atoms with van der Waals surface area (Å²) in [6, 6.07) is 3.87. The van der Waals surface area contributed by atoms with Crippen LogP contribution >= 0.6 is 0 Å². The molecule has 82 valence electrons. The summed E-state index contributed by atoms with van der Waals surface area (Å²) in [5, 5.41) is 3.09. The predicted molar refractivity (Wildman–Crippen MR) is 58.9 cm³/mol. The van der Waals surface area contributed by atoms with Gasteiger partial charge < -0.3 is 5.32 Å². The first kappa shape index (κ1) is 11.7. The van der Waals surface area contributed by atoms with E-state index in [0.29, 0.717) is 13.2 Å². The Balaban J connectivity index is 2.55. The second-order valence-electron chi connectivity index (χ2n) is 2.79. The van der Waals surface area contributed by atoms with Crippen LogP contribution in [0.1, 0.15) is 12.5 Å². The summed E-state index contributed by atoms with van der Waals surface area (Å²) in [7, 11) is 1.87. The van der Waals surface area contributed by atoms with Crippen LogP contribution in [0.5, 0.6) is 0 Å². The van der Waals surface area contributed by atoms with Gasteiger partial charge in [-0.15, -0.1) is 0 Å². The molecule has 1 aromatic rings. The average molecular weight is 208 g/mol. The molecule has 1 aromatic heterocycles. The Labute approximate surface area is 89.9 Å². The van der Waals surface area contributed by atoms with E-state index in [9.17, 15) is 0 Å². The van der Waals surface area contributed by atoms with Crippen molar-refractivity contribution >= 4 is 5.70 Å². The van der Waals surface area contributed by atoms with Gasteiger partial charge in [0.15, 0.2) is 0 Å². The molecule has 4 heteroatoms. The SMILES string of the molecule is CCOOC/C=C(/NC)c1ccncc1. The Morgan fingerprint density at radius 3 is 2.73 bits per heavy atom. The molecular formula is C11H16N2O2. The molecule has 0 atom stereocenters. The summed E-state index contributed by atoms with van der Waals surface area (Å²) >= 11 is 0. The summed E-state index contributed by atoms with van der Waals surface area (Å²) in [4.78, 5) is 13.6. The van der Waals surface area contributed by atoms with Gasteiger partial charge in [0.25, 0.3) is 0 Å². The fraction of sp³-hybridized carbons (Fsp3) is 0.364. The number of aromatic nitrogens is 1. The van der Waals surface area contributed by atoms with Gasteiger partial charge in [0.2, 0.25) is 0 Å². The van der Waals surface area contributed by atoms with Gasteiger partial charge >= 0.3 is 0 Å². The molecular weight excluding hydrogens is 192 g/mol. The van der Waals surface area contributed by atoms with Gasteiger partial charge in [0.1, 0.15) is 6.61 Å². The van der Waals surface area contributed by atoms with Crippen molar-refractivity contribution in [2.24, 2.45) is 0 Å². The molecule has 0 saturated heterocycles. The monoisotopic (exact) mass is 208 g/mol. The number of hydrogen-bond acceptors (Lipinski definition) is 4. The third-order valence-corrected chi connectivity index (χ3v) is 1.82. The molecule has 0 aliphatic heterocycles. The van der Waals surface area contributed by atoms with E-state index in [4.69, 9.17) is 9.78 Å². The van der Waals surface area contributed by atoms with Crippen LogP contribution in [0.4, 0.5) is 0 Å². The zero-order valence-corrected chi connectivity index (χ0v) is 9.06. The average Bonchev–Trinajstić information content (AvgIpc) is 2.30. The minimum atomic E-state index is 0.423. The zero-order valence-electron chi connectivity index (χ0n) is 9.06. The third-order valence-electron chi connectivity index (χ3n) is 1.82. The highest BCUT2D eigenvalue weighted by Gasteiger charge is 1.97. The van der Waals surface area contributed by atoms with Gasteiger partial charge in [-0.05, 0) is 25.1 Å². The first-order valence-corrected chi connectivity index (χ1v) is 4.91. The minimum absolute atomic E-state index is 0.423.